The molecule has 132 valence electrons. The topological polar surface area (TPSA) is 88.3 Å². The van der Waals surface area contributed by atoms with Crippen molar-refractivity contribution in [1.82, 2.24) is 10.3 Å². The van der Waals surface area contributed by atoms with Gasteiger partial charge in [0, 0.05) is 11.8 Å². The van der Waals surface area contributed by atoms with Gasteiger partial charge in [0.15, 0.2) is 12.4 Å². The van der Waals surface area contributed by atoms with Crippen molar-refractivity contribution in [2.75, 3.05) is 6.61 Å². The minimum Gasteiger partial charge on any atom is -0.451 e. The Morgan fingerprint density at radius 3 is 2.48 bits per heavy atom. The largest absolute Gasteiger partial charge is 0.451 e. The molecule has 1 atom stereocenters. The summed E-state index contributed by atoms with van der Waals surface area (Å²) in [6, 6.07) is 7.20. The molecule has 2 N–H and O–H groups in total. The van der Waals surface area contributed by atoms with E-state index in [4.69, 9.17) is 4.74 Å². The average Bonchev–Trinajstić information content (AvgIpc) is 3.05. The van der Waals surface area contributed by atoms with Gasteiger partial charge in [-0.3, -0.25) is 9.59 Å². The fourth-order valence-corrected chi connectivity index (χ4v) is 2.32. The number of carbonyl (C=O) groups is 3. The molecule has 0 saturated heterocycles. The Kier molecular flexibility index (Phi) is 5.75. The molecule has 1 aromatic carbocycles. The monoisotopic (exact) mass is 342 g/mol. The highest BCUT2D eigenvalue weighted by Gasteiger charge is 2.15. The number of esters is 1. The zero-order valence-corrected chi connectivity index (χ0v) is 14.8. The summed E-state index contributed by atoms with van der Waals surface area (Å²) in [4.78, 5) is 37.7. The molecule has 0 aliphatic carbocycles. The van der Waals surface area contributed by atoms with Crippen LogP contribution in [0.15, 0.2) is 30.5 Å². The minimum atomic E-state index is -0.679. The number of H-pyrrole nitrogens is 1. The first-order valence-corrected chi connectivity index (χ1v) is 8.01. The molecule has 1 amide bonds. The van der Waals surface area contributed by atoms with Crippen LogP contribution in [0.5, 0.6) is 0 Å². The third-order valence-corrected chi connectivity index (χ3v) is 4.05. The zero-order chi connectivity index (χ0) is 18.6. The summed E-state index contributed by atoms with van der Waals surface area (Å²) in [7, 11) is 0. The number of ketones is 1. The summed E-state index contributed by atoms with van der Waals surface area (Å²) < 4.78 is 4.97. The molecule has 2 aromatic rings. The van der Waals surface area contributed by atoms with Crippen LogP contribution < -0.4 is 5.32 Å². The van der Waals surface area contributed by atoms with E-state index in [2.05, 4.69) is 10.3 Å². The van der Waals surface area contributed by atoms with Crippen LogP contribution in [0.25, 0.3) is 0 Å². The van der Waals surface area contributed by atoms with Crippen molar-refractivity contribution in [3.8, 4) is 0 Å². The van der Waals surface area contributed by atoms with Crippen LogP contribution in [-0.4, -0.2) is 29.3 Å². The Bertz CT molecular complexity index is 808. The van der Waals surface area contributed by atoms with E-state index in [9.17, 15) is 14.4 Å². The van der Waals surface area contributed by atoms with E-state index in [1.54, 1.807) is 0 Å². The van der Waals surface area contributed by atoms with Gasteiger partial charge in [-0.05, 0) is 50.5 Å². The number of hydrogen-bond donors (Lipinski definition) is 2. The Morgan fingerprint density at radius 1 is 1.16 bits per heavy atom. The number of benzene rings is 1. The molecule has 6 heteroatoms. The van der Waals surface area contributed by atoms with Crippen molar-refractivity contribution >= 4 is 17.7 Å². The van der Waals surface area contributed by atoms with Crippen LogP contribution in [0.1, 0.15) is 57.4 Å². The number of hydrogen-bond acceptors (Lipinski definition) is 4. The normalized spacial score (nSPS) is 11.7. The molecule has 1 heterocycles. The number of amides is 1. The summed E-state index contributed by atoms with van der Waals surface area (Å²) in [5.74, 6) is -1.23. The van der Waals surface area contributed by atoms with Gasteiger partial charge >= 0.3 is 5.97 Å². The van der Waals surface area contributed by atoms with E-state index in [0.29, 0.717) is 5.56 Å². The number of rotatable bonds is 6. The molecule has 0 spiro atoms. The second kappa shape index (κ2) is 7.79. The van der Waals surface area contributed by atoms with Crippen LogP contribution in [-0.2, 0) is 9.53 Å². The first kappa shape index (κ1) is 18.4. The fraction of sp³-hybridized carbons (Fsp3) is 0.316. The first-order valence-electron chi connectivity index (χ1n) is 8.01. The Labute approximate surface area is 146 Å². The maximum atomic E-state index is 12.0. The molecule has 0 unspecified atom stereocenters. The summed E-state index contributed by atoms with van der Waals surface area (Å²) in [6.07, 6.45) is 1.43. The first-order chi connectivity index (χ1) is 11.8. The van der Waals surface area contributed by atoms with E-state index in [1.807, 2.05) is 39.0 Å². The van der Waals surface area contributed by atoms with Crippen LogP contribution in [0, 0.1) is 13.8 Å². The maximum absolute atomic E-state index is 12.0. The quantitative estimate of drug-likeness (QED) is 0.624. The highest BCUT2D eigenvalue weighted by Crippen LogP contribution is 2.16. The van der Waals surface area contributed by atoms with Gasteiger partial charge in [0.25, 0.3) is 5.91 Å². The maximum Gasteiger partial charge on any atom is 0.355 e. The predicted molar refractivity (Wildman–Crippen MR) is 93.6 cm³/mol. The van der Waals surface area contributed by atoms with Gasteiger partial charge in [0.1, 0.15) is 5.69 Å². The molecule has 0 fully saturated rings. The fourth-order valence-electron chi connectivity index (χ4n) is 2.32. The van der Waals surface area contributed by atoms with Crippen LogP contribution in [0.4, 0.5) is 0 Å². The lowest BCUT2D eigenvalue weighted by atomic mass is 10.0. The third kappa shape index (κ3) is 4.79. The van der Waals surface area contributed by atoms with Crippen LogP contribution in [0.3, 0.4) is 0 Å². The number of nitrogens with one attached hydrogen (secondary N) is 2. The summed E-state index contributed by atoms with van der Waals surface area (Å²) in [6.45, 7) is 6.93. The molecule has 0 radical (unpaired) electrons. The highest BCUT2D eigenvalue weighted by molar-refractivity contribution is 5.97. The minimum absolute atomic E-state index is 0.139. The van der Waals surface area contributed by atoms with Gasteiger partial charge in [-0.2, -0.15) is 0 Å². The van der Waals surface area contributed by atoms with Crippen molar-refractivity contribution in [2.45, 2.75) is 33.7 Å². The summed E-state index contributed by atoms with van der Waals surface area (Å²) in [5.41, 5.74) is 3.85. The zero-order valence-electron chi connectivity index (χ0n) is 14.8. The lowest BCUT2D eigenvalue weighted by Crippen LogP contribution is -2.31. The van der Waals surface area contributed by atoms with Gasteiger partial charge in [0.05, 0.1) is 6.04 Å². The Hall–Kier alpha value is -2.89. The predicted octanol–water partition coefficient (Wildman–Crippen LogP) is 2.87. The van der Waals surface area contributed by atoms with Crippen LogP contribution in [0.2, 0.25) is 0 Å². The molecule has 2 rings (SSSR count). The van der Waals surface area contributed by atoms with Gasteiger partial charge in [-0.25, -0.2) is 4.79 Å². The standard InChI is InChI=1S/C19H22N2O4/c1-11-5-6-15(7-12(11)2)13(3)21-18(23)10-25-19(24)17-8-16(9-20-17)14(4)22/h5-9,13,20H,10H2,1-4H3,(H,21,23)/t13-/m0/s1. The van der Waals surface area contributed by atoms with Gasteiger partial charge < -0.3 is 15.0 Å². The molecular weight excluding hydrogens is 320 g/mol. The van der Waals surface area contributed by atoms with Crippen molar-refractivity contribution in [2.24, 2.45) is 0 Å². The van der Waals surface area contributed by atoms with Gasteiger partial charge in [-0.1, -0.05) is 18.2 Å². The van der Waals surface area contributed by atoms with Gasteiger partial charge in [-0.15, -0.1) is 0 Å². The highest BCUT2D eigenvalue weighted by atomic mass is 16.5. The molecular formula is C19H22N2O4. The van der Waals surface area contributed by atoms with Crippen molar-refractivity contribution in [3.05, 3.63) is 58.4 Å². The number of ether oxygens (including phenoxy) is 1. The van der Waals surface area contributed by atoms with Crippen molar-refractivity contribution in [3.63, 3.8) is 0 Å². The smallest absolute Gasteiger partial charge is 0.355 e. The van der Waals surface area contributed by atoms with E-state index < -0.39 is 11.9 Å². The molecule has 0 saturated carbocycles. The SMILES string of the molecule is CC(=O)c1c[nH]c(C(=O)OCC(=O)N[C@@H](C)c2ccc(C)c(C)c2)c1. The molecule has 25 heavy (non-hydrogen) atoms. The molecule has 0 aliphatic rings. The lowest BCUT2D eigenvalue weighted by molar-refractivity contribution is -0.124. The third-order valence-electron chi connectivity index (χ3n) is 4.05. The molecule has 1 aromatic heterocycles. The molecule has 6 nitrogen and oxygen atoms in total. The number of aromatic amines is 1. The Morgan fingerprint density at radius 2 is 1.88 bits per heavy atom. The second-order valence-electron chi connectivity index (χ2n) is 6.07. The van der Waals surface area contributed by atoms with Gasteiger partial charge in [0.2, 0.25) is 0 Å². The van der Waals surface area contributed by atoms with Crippen molar-refractivity contribution in [1.29, 1.82) is 0 Å². The van der Waals surface area contributed by atoms with E-state index >= 15 is 0 Å². The van der Waals surface area contributed by atoms with Crippen molar-refractivity contribution < 1.29 is 19.1 Å². The Balaban J connectivity index is 1.87. The number of aromatic nitrogens is 1. The average molecular weight is 342 g/mol. The number of Topliss-reactive ketones (excluding diaryl/α,β-unsaturated/α-hetero) is 1. The number of carbonyl (C=O) groups excluding carboxylic acids is 3. The summed E-state index contributed by atoms with van der Waals surface area (Å²) >= 11 is 0. The van der Waals surface area contributed by atoms with E-state index in [-0.39, 0.29) is 24.1 Å². The molecule has 0 aliphatic heterocycles. The second-order valence-corrected chi connectivity index (χ2v) is 6.07. The summed E-state index contributed by atoms with van der Waals surface area (Å²) in [5, 5.41) is 2.79. The number of aryl methyl sites for hydroxylation is 2. The van der Waals surface area contributed by atoms with E-state index in [1.165, 1.54) is 24.8 Å². The van der Waals surface area contributed by atoms with E-state index in [0.717, 1.165) is 11.1 Å². The lowest BCUT2D eigenvalue weighted by Gasteiger charge is -2.15. The van der Waals surface area contributed by atoms with Crippen LogP contribution >= 0.6 is 0 Å². The molecule has 0 bridgehead atoms.